The third-order valence-electron chi connectivity index (χ3n) is 5.67. The molecule has 0 radical (unpaired) electrons. The number of anilines is 2. The molecule has 0 saturated heterocycles. The van der Waals surface area contributed by atoms with Gasteiger partial charge in [-0.2, -0.15) is 0 Å². The van der Waals surface area contributed by atoms with Crippen LogP contribution in [0.4, 0.5) is 24.5 Å². The lowest BCUT2D eigenvalue weighted by Gasteiger charge is -2.28. The zero-order valence-electron chi connectivity index (χ0n) is 17.7. The average Bonchev–Trinajstić information content (AvgIpc) is 3.20. The van der Waals surface area contributed by atoms with Gasteiger partial charge >= 0.3 is 0 Å². The van der Waals surface area contributed by atoms with Crippen molar-refractivity contribution in [3.63, 3.8) is 0 Å². The average molecular weight is 479 g/mol. The van der Waals surface area contributed by atoms with Crippen LogP contribution < -0.4 is 9.62 Å². The third-order valence-corrected chi connectivity index (χ3v) is 6.38. The number of nitrogens with zero attached hydrogens (tertiary/aromatic N) is 4. The van der Waals surface area contributed by atoms with E-state index in [-0.39, 0.29) is 40.8 Å². The molecule has 1 unspecified atom stereocenters. The van der Waals surface area contributed by atoms with E-state index < -0.39 is 34.6 Å². The number of imidazole rings is 1. The van der Waals surface area contributed by atoms with Gasteiger partial charge in [0, 0.05) is 31.1 Å². The minimum absolute atomic E-state index is 0.122. The summed E-state index contributed by atoms with van der Waals surface area (Å²) in [6.07, 6.45) is 3.07. The van der Waals surface area contributed by atoms with Crippen molar-refractivity contribution >= 4 is 28.5 Å². The molecule has 3 heterocycles. The Hall–Kier alpha value is -3.25. The summed E-state index contributed by atoms with van der Waals surface area (Å²) in [6, 6.07) is 2.99. The molecule has 1 aliphatic heterocycles. The Bertz CT molecular complexity index is 1270. The lowest BCUT2D eigenvalue weighted by molar-refractivity contribution is 0.0957. The Morgan fingerprint density at radius 1 is 1.27 bits per heavy atom. The fraction of sp³-hybridized carbons (Fsp3) is 0.286. The summed E-state index contributed by atoms with van der Waals surface area (Å²) >= 11 is -2.79. The molecule has 0 bridgehead atoms. The Balaban J connectivity index is 1.76. The Morgan fingerprint density at radius 3 is 2.73 bits per heavy atom. The minimum Gasteiger partial charge on any atom is -0.354 e. The highest BCUT2D eigenvalue weighted by atomic mass is 32.2. The standard InChI is InChI=1S/C21H20F3N5O3S/c1-11-17(7-13(22)8-26-11)29(33(31)32)15-6-4-14(23)18(19(15)24)12-3-5-16-20(21(30)25-2)27-10-28(16)9-12/h4,6-8,10,12H,3,5,9H2,1-2H3,(H,25,30)(H,31,32)/t12-/m1/s1. The van der Waals surface area contributed by atoms with E-state index in [0.29, 0.717) is 22.8 Å². The number of carbonyl (C=O) groups excluding carboxylic acids is 1. The van der Waals surface area contributed by atoms with Gasteiger partial charge < -0.3 is 9.88 Å². The summed E-state index contributed by atoms with van der Waals surface area (Å²) in [5.74, 6) is -3.58. The minimum atomic E-state index is -2.79. The number of fused-ring (bicyclic) bond motifs is 1. The number of aryl methyl sites for hydroxylation is 1. The van der Waals surface area contributed by atoms with E-state index >= 15 is 4.39 Å². The largest absolute Gasteiger partial charge is 0.354 e. The van der Waals surface area contributed by atoms with E-state index in [0.717, 1.165) is 24.4 Å². The molecule has 4 rings (SSSR count). The van der Waals surface area contributed by atoms with Crippen molar-refractivity contribution in [1.82, 2.24) is 19.9 Å². The Morgan fingerprint density at radius 2 is 2.03 bits per heavy atom. The van der Waals surface area contributed by atoms with Gasteiger partial charge in [0.1, 0.15) is 17.3 Å². The van der Waals surface area contributed by atoms with Crippen molar-refractivity contribution in [2.45, 2.75) is 32.2 Å². The van der Waals surface area contributed by atoms with Gasteiger partial charge in [0.25, 0.3) is 17.2 Å². The summed E-state index contributed by atoms with van der Waals surface area (Å²) in [6.45, 7) is 1.64. The highest BCUT2D eigenvalue weighted by Gasteiger charge is 2.32. The number of nitrogens with one attached hydrogen (secondary N) is 1. The topological polar surface area (TPSA) is 100 Å². The number of halogens is 3. The molecule has 2 N–H and O–H groups in total. The predicted molar refractivity (Wildman–Crippen MR) is 115 cm³/mol. The summed E-state index contributed by atoms with van der Waals surface area (Å²) < 4.78 is 68.6. The van der Waals surface area contributed by atoms with Crippen LogP contribution in [0, 0.1) is 24.4 Å². The molecule has 33 heavy (non-hydrogen) atoms. The Kier molecular flexibility index (Phi) is 6.21. The molecular weight excluding hydrogens is 459 g/mol. The van der Waals surface area contributed by atoms with Crippen molar-refractivity contribution in [3.8, 4) is 0 Å². The first-order valence-corrected chi connectivity index (χ1v) is 11.1. The van der Waals surface area contributed by atoms with Crippen LogP contribution in [0.2, 0.25) is 0 Å². The molecule has 12 heteroatoms. The number of benzene rings is 1. The van der Waals surface area contributed by atoms with Crippen LogP contribution in [0.5, 0.6) is 0 Å². The molecule has 2 aromatic heterocycles. The number of rotatable bonds is 5. The predicted octanol–water partition coefficient (Wildman–Crippen LogP) is 3.37. The van der Waals surface area contributed by atoms with Crippen LogP contribution in [-0.2, 0) is 24.2 Å². The molecule has 1 aromatic carbocycles. The zero-order chi connectivity index (χ0) is 23.9. The number of pyridine rings is 1. The second-order valence-corrected chi connectivity index (χ2v) is 8.41. The quantitative estimate of drug-likeness (QED) is 0.547. The second-order valence-electron chi connectivity index (χ2n) is 7.58. The lowest BCUT2D eigenvalue weighted by Crippen LogP contribution is -2.26. The van der Waals surface area contributed by atoms with Gasteiger partial charge in [-0.05, 0) is 31.9 Å². The van der Waals surface area contributed by atoms with E-state index in [4.69, 9.17) is 0 Å². The van der Waals surface area contributed by atoms with Gasteiger partial charge in [0.2, 0.25) is 0 Å². The molecule has 1 aliphatic rings. The van der Waals surface area contributed by atoms with Crippen LogP contribution in [0.25, 0.3) is 0 Å². The normalized spacial score (nSPS) is 16.2. The van der Waals surface area contributed by atoms with Crippen LogP contribution in [0.3, 0.4) is 0 Å². The molecule has 0 saturated carbocycles. The van der Waals surface area contributed by atoms with E-state index in [1.54, 1.807) is 4.57 Å². The van der Waals surface area contributed by atoms with E-state index in [1.807, 2.05) is 0 Å². The molecule has 1 amide bonds. The molecule has 0 fully saturated rings. The van der Waals surface area contributed by atoms with Crippen molar-refractivity contribution in [3.05, 3.63) is 70.8 Å². The van der Waals surface area contributed by atoms with Gasteiger partial charge in [-0.1, -0.05) is 0 Å². The van der Waals surface area contributed by atoms with E-state index in [9.17, 15) is 22.3 Å². The maximum absolute atomic E-state index is 15.7. The SMILES string of the molecule is CNC(=O)c1ncn2c1CC[C@@H](c1c(F)ccc(N(c3cc(F)cnc3C)S(=O)O)c1F)C2. The van der Waals surface area contributed by atoms with E-state index in [1.165, 1.54) is 20.3 Å². The molecule has 3 aromatic rings. The second kappa shape index (κ2) is 8.94. The van der Waals surface area contributed by atoms with Crippen molar-refractivity contribution in [2.75, 3.05) is 11.4 Å². The molecule has 0 spiro atoms. The number of hydrogen-bond acceptors (Lipinski definition) is 4. The van der Waals surface area contributed by atoms with Gasteiger partial charge in [0.05, 0.1) is 35.3 Å². The molecule has 8 nitrogen and oxygen atoms in total. The molecular formula is C21H20F3N5O3S. The van der Waals surface area contributed by atoms with Crippen molar-refractivity contribution in [1.29, 1.82) is 0 Å². The number of hydrogen-bond donors (Lipinski definition) is 2. The lowest BCUT2D eigenvalue weighted by atomic mass is 9.89. The van der Waals surface area contributed by atoms with Crippen molar-refractivity contribution in [2.24, 2.45) is 0 Å². The van der Waals surface area contributed by atoms with Gasteiger partial charge in [-0.3, -0.25) is 14.3 Å². The van der Waals surface area contributed by atoms with Crippen LogP contribution in [0.15, 0.2) is 30.7 Å². The highest BCUT2D eigenvalue weighted by molar-refractivity contribution is 7.81. The Labute approximate surface area is 189 Å². The first-order valence-electron chi connectivity index (χ1n) is 10.00. The van der Waals surface area contributed by atoms with Gasteiger partial charge in [-0.25, -0.2) is 26.7 Å². The third kappa shape index (κ3) is 4.11. The fourth-order valence-electron chi connectivity index (χ4n) is 4.10. The molecule has 0 aliphatic carbocycles. The fourth-order valence-corrected chi connectivity index (χ4v) is 4.76. The molecule has 2 atom stereocenters. The summed E-state index contributed by atoms with van der Waals surface area (Å²) in [4.78, 5) is 19.9. The number of carbonyl (C=O) groups is 1. The summed E-state index contributed by atoms with van der Waals surface area (Å²) in [5, 5.41) is 2.51. The number of amides is 1. The van der Waals surface area contributed by atoms with Gasteiger partial charge in [0.15, 0.2) is 5.82 Å². The molecule has 174 valence electrons. The van der Waals surface area contributed by atoms with E-state index in [2.05, 4.69) is 15.3 Å². The summed E-state index contributed by atoms with van der Waals surface area (Å²) in [5.41, 5.74) is 0.356. The maximum Gasteiger partial charge on any atom is 0.271 e. The highest BCUT2D eigenvalue weighted by Crippen LogP contribution is 2.39. The smallest absolute Gasteiger partial charge is 0.271 e. The monoisotopic (exact) mass is 479 g/mol. The first kappa shape index (κ1) is 22.9. The first-order chi connectivity index (χ1) is 15.7. The van der Waals surface area contributed by atoms with Crippen molar-refractivity contribution < 1.29 is 26.7 Å². The number of aromatic nitrogens is 3. The zero-order valence-corrected chi connectivity index (χ0v) is 18.5. The van der Waals surface area contributed by atoms with Crippen LogP contribution in [-0.4, -0.2) is 36.3 Å². The van der Waals surface area contributed by atoms with Gasteiger partial charge in [-0.15, -0.1) is 0 Å². The maximum atomic E-state index is 15.7. The summed E-state index contributed by atoms with van der Waals surface area (Å²) in [7, 11) is 1.49. The van der Waals surface area contributed by atoms with Crippen LogP contribution >= 0.6 is 0 Å². The van der Waals surface area contributed by atoms with Crippen LogP contribution in [0.1, 0.15) is 39.8 Å².